The maximum absolute atomic E-state index is 12.3. The molecule has 2 aromatic rings. The van der Waals surface area contributed by atoms with Crippen LogP contribution in [0.15, 0.2) is 29.1 Å². The molecule has 0 saturated heterocycles. The molecule has 7 nitrogen and oxygen atoms in total. The molecule has 1 aliphatic carbocycles. The van der Waals surface area contributed by atoms with E-state index in [1.165, 1.54) is 0 Å². The molecule has 0 aliphatic heterocycles. The van der Waals surface area contributed by atoms with Crippen molar-refractivity contribution in [1.82, 2.24) is 9.97 Å². The minimum Gasteiger partial charge on any atom is -0.465 e. The van der Waals surface area contributed by atoms with Crippen LogP contribution >= 0.6 is 0 Å². The summed E-state index contributed by atoms with van der Waals surface area (Å²) in [5.41, 5.74) is -1.20. The number of H-pyrrole nitrogens is 1. The number of ether oxygens (including phenoxy) is 2. The van der Waals surface area contributed by atoms with Gasteiger partial charge in [-0.25, -0.2) is 4.98 Å². The summed E-state index contributed by atoms with van der Waals surface area (Å²) in [4.78, 5) is 44.0. The molecule has 24 heavy (non-hydrogen) atoms. The average molecular weight is 330 g/mol. The van der Waals surface area contributed by atoms with Gasteiger partial charge in [-0.05, 0) is 32.4 Å². The third kappa shape index (κ3) is 2.46. The fraction of sp³-hybridized carbons (Fsp3) is 0.412. The van der Waals surface area contributed by atoms with E-state index in [1.807, 2.05) is 0 Å². The highest BCUT2D eigenvalue weighted by atomic mass is 16.6. The predicted molar refractivity (Wildman–Crippen MR) is 85.4 cm³/mol. The second-order valence-electron chi connectivity index (χ2n) is 5.64. The maximum Gasteiger partial charge on any atom is 0.324 e. The highest BCUT2D eigenvalue weighted by molar-refractivity contribution is 6.05. The second kappa shape index (κ2) is 6.07. The molecule has 0 bridgehead atoms. The van der Waals surface area contributed by atoms with Gasteiger partial charge in [0.05, 0.1) is 24.1 Å². The molecule has 1 fully saturated rings. The quantitative estimate of drug-likeness (QED) is 0.659. The van der Waals surface area contributed by atoms with Crippen molar-refractivity contribution >= 4 is 22.8 Å². The van der Waals surface area contributed by atoms with E-state index < -0.39 is 23.3 Å². The smallest absolute Gasteiger partial charge is 0.324 e. The van der Waals surface area contributed by atoms with Crippen LogP contribution < -0.4 is 5.56 Å². The van der Waals surface area contributed by atoms with Crippen LogP contribution in [0, 0.1) is 5.41 Å². The van der Waals surface area contributed by atoms with Crippen LogP contribution in [-0.4, -0.2) is 35.1 Å². The Kier molecular flexibility index (Phi) is 4.09. The zero-order valence-corrected chi connectivity index (χ0v) is 13.5. The molecular weight excluding hydrogens is 312 g/mol. The van der Waals surface area contributed by atoms with Gasteiger partial charge in [-0.3, -0.25) is 14.4 Å². The van der Waals surface area contributed by atoms with Gasteiger partial charge >= 0.3 is 11.9 Å². The van der Waals surface area contributed by atoms with Gasteiger partial charge < -0.3 is 14.5 Å². The molecule has 0 spiro atoms. The van der Waals surface area contributed by atoms with Gasteiger partial charge in [-0.15, -0.1) is 0 Å². The Morgan fingerprint density at radius 3 is 2.46 bits per heavy atom. The number of fused-ring (bicyclic) bond motifs is 1. The molecule has 126 valence electrons. The molecule has 0 radical (unpaired) electrons. The SMILES string of the molecule is CCOC(=O)C1(C(=O)OCC)CC1c1nc2ccccc2c(=O)[nH]1. The Morgan fingerprint density at radius 1 is 1.21 bits per heavy atom. The normalized spacial score (nSPS) is 18.2. The number of hydrogen-bond donors (Lipinski definition) is 1. The van der Waals surface area contributed by atoms with E-state index >= 15 is 0 Å². The topological polar surface area (TPSA) is 98.3 Å². The maximum atomic E-state index is 12.3. The van der Waals surface area contributed by atoms with Gasteiger partial charge in [-0.2, -0.15) is 0 Å². The number of hydrogen-bond acceptors (Lipinski definition) is 6. The van der Waals surface area contributed by atoms with E-state index in [-0.39, 0.29) is 25.2 Å². The van der Waals surface area contributed by atoms with Gasteiger partial charge in [0.15, 0.2) is 5.41 Å². The fourth-order valence-corrected chi connectivity index (χ4v) is 2.92. The molecule has 1 aromatic heterocycles. The first-order chi connectivity index (χ1) is 11.5. The molecule has 0 amide bonds. The first-order valence-corrected chi connectivity index (χ1v) is 7.88. The standard InChI is InChI=1S/C17H18N2O5/c1-3-23-15(21)17(16(22)24-4-2)9-11(17)13-18-12-8-6-5-7-10(12)14(20)19-13/h5-8,11H,3-4,9H2,1-2H3,(H,18,19,20). The minimum atomic E-state index is -1.41. The van der Waals surface area contributed by atoms with Crippen molar-refractivity contribution in [3.05, 3.63) is 40.4 Å². The number of esters is 2. The van der Waals surface area contributed by atoms with Crippen molar-refractivity contribution < 1.29 is 19.1 Å². The first-order valence-electron chi connectivity index (χ1n) is 7.88. The summed E-state index contributed by atoms with van der Waals surface area (Å²) in [6, 6.07) is 6.90. The van der Waals surface area contributed by atoms with Crippen molar-refractivity contribution in [1.29, 1.82) is 0 Å². The zero-order chi connectivity index (χ0) is 17.3. The van der Waals surface area contributed by atoms with Crippen molar-refractivity contribution in [3.8, 4) is 0 Å². The number of aromatic nitrogens is 2. The molecule has 7 heteroatoms. The van der Waals surface area contributed by atoms with Gasteiger partial charge in [0.25, 0.3) is 5.56 Å². The molecule has 1 aromatic carbocycles. The van der Waals surface area contributed by atoms with E-state index in [0.717, 1.165) is 0 Å². The lowest BCUT2D eigenvalue weighted by Crippen LogP contribution is -2.32. The number of carbonyl (C=O) groups excluding carboxylic acids is 2. The van der Waals surface area contributed by atoms with Crippen molar-refractivity contribution in [2.45, 2.75) is 26.2 Å². The van der Waals surface area contributed by atoms with Crippen LogP contribution in [0.5, 0.6) is 0 Å². The van der Waals surface area contributed by atoms with Crippen molar-refractivity contribution in [3.63, 3.8) is 0 Å². The molecule has 1 atom stereocenters. The summed E-state index contributed by atoms with van der Waals surface area (Å²) in [5, 5.41) is 0.458. The Labute approximate surface area is 138 Å². The Balaban J connectivity index is 2.02. The van der Waals surface area contributed by atoms with E-state index in [2.05, 4.69) is 9.97 Å². The van der Waals surface area contributed by atoms with Gasteiger partial charge in [0.2, 0.25) is 0 Å². The minimum absolute atomic E-state index is 0.161. The van der Waals surface area contributed by atoms with Crippen LogP contribution in [0.4, 0.5) is 0 Å². The molecule has 1 aliphatic rings. The molecule has 3 rings (SSSR count). The van der Waals surface area contributed by atoms with E-state index in [4.69, 9.17) is 9.47 Å². The Hall–Kier alpha value is -2.70. The molecule has 1 N–H and O–H groups in total. The van der Waals surface area contributed by atoms with Crippen LogP contribution in [-0.2, 0) is 19.1 Å². The van der Waals surface area contributed by atoms with Crippen LogP contribution in [0.25, 0.3) is 10.9 Å². The van der Waals surface area contributed by atoms with E-state index in [1.54, 1.807) is 38.1 Å². The molecule has 1 saturated carbocycles. The van der Waals surface area contributed by atoms with Gasteiger partial charge in [0.1, 0.15) is 5.82 Å². The zero-order valence-electron chi connectivity index (χ0n) is 13.5. The summed E-state index contributed by atoms with van der Waals surface area (Å²) < 4.78 is 10.1. The van der Waals surface area contributed by atoms with Gasteiger partial charge in [0, 0.05) is 5.92 Å². The van der Waals surface area contributed by atoms with Crippen LogP contribution in [0.2, 0.25) is 0 Å². The van der Waals surface area contributed by atoms with Crippen LogP contribution in [0.1, 0.15) is 32.0 Å². The molecule has 1 unspecified atom stereocenters. The van der Waals surface area contributed by atoms with E-state index in [9.17, 15) is 14.4 Å². The Bertz CT molecular complexity index is 839. The lowest BCUT2D eigenvalue weighted by Gasteiger charge is -2.14. The summed E-state index contributed by atoms with van der Waals surface area (Å²) in [6.07, 6.45) is 0.214. The third-order valence-electron chi connectivity index (χ3n) is 4.20. The molecular formula is C17H18N2O5. The number of para-hydroxylation sites is 1. The molecule has 1 heterocycles. The Morgan fingerprint density at radius 2 is 1.83 bits per heavy atom. The first kappa shape index (κ1) is 16.2. The van der Waals surface area contributed by atoms with Crippen LogP contribution in [0.3, 0.4) is 0 Å². The lowest BCUT2D eigenvalue weighted by molar-refractivity contribution is -0.164. The number of benzene rings is 1. The fourth-order valence-electron chi connectivity index (χ4n) is 2.92. The van der Waals surface area contributed by atoms with E-state index in [0.29, 0.717) is 16.7 Å². The number of nitrogens with zero attached hydrogens (tertiary/aromatic N) is 1. The van der Waals surface area contributed by atoms with Gasteiger partial charge in [-0.1, -0.05) is 12.1 Å². The number of aromatic amines is 1. The summed E-state index contributed by atoms with van der Waals surface area (Å²) >= 11 is 0. The summed E-state index contributed by atoms with van der Waals surface area (Å²) in [6.45, 7) is 3.66. The largest absolute Gasteiger partial charge is 0.465 e. The number of nitrogens with one attached hydrogen (secondary N) is 1. The summed E-state index contributed by atoms with van der Waals surface area (Å²) in [5.74, 6) is -1.51. The predicted octanol–water partition coefficient (Wildman–Crippen LogP) is 1.52. The highest BCUT2D eigenvalue weighted by Gasteiger charge is 2.70. The monoisotopic (exact) mass is 330 g/mol. The highest BCUT2D eigenvalue weighted by Crippen LogP contribution is 2.60. The second-order valence-corrected chi connectivity index (χ2v) is 5.64. The number of rotatable bonds is 5. The average Bonchev–Trinajstić information content (AvgIpc) is 3.32. The lowest BCUT2D eigenvalue weighted by atomic mass is 10.0. The number of carbonyl (C=O) groups is 2. The van der Waals surface area contributed by atoms with Crippen molar-refractivity contribution in [2.75, 3.05) is 13.2 Å². The third-order valence-corrected chi connectivity index (χ3v) is 4.20. The summed E-state index contributed by atoms with van der Waals surface area (Å²) in [7, 11) is 0. The van der Waals surface area contributed by atoms with Crippen molar-refractivity contribution in [2.24, 2.45) is 5.41 Å².